The Labute approximate surface area is 185 Å². The van der Waals surface area contributed by atoms with Gasteiger partial charge in [-0.25, -0.2) is 0 Å². The molecule has 2 amide bonds. The third kappa shape index (κ3) is 5.80. The van der Waals surface area contributed by atoms with E-state index in [-0.39, 0.29) is 29.7 Å². The molecular formula is C22H25ClN4O4. The number of nitrogens with zero attached hydrogens (tertiary/aromatic N) is 2. The number of amides is 2. The Hall–Kier alpha value is -2.97. The Morgan fingerprint density at radius 2 is 1.87 bits per heavy atom. The van der Waals surface area contributed by atoms with E-state index in [0.717, 1.165) is 31.5 Å². The lowest BCUT2D eigenvalue weighted by atomic mass is 10.1. The third-order valence-corrected chi connectivity index (χ3v) is 5.76. The number of benzene rings is 2. The molecule has 1 heterocycles. The molecule has 0 aromatic heterocycles. The molecule has 1 aliphatic heterocycles. The van der Waals surface area contributed by atoms with Crippen molar-refractivity contribution in [2.45, 2.75) is 25.8 Å². The van der Waals surface area contributed by atoms with Crippen LogP contribution in [0.4, 0.5) is 5.69 Å². The van der Waals surface area contributed by atoms with Crippen molar-refractivity contribution in [2.75, 3.05) is 26.2 Å². The van der Waals surface area contributed by atoms with Gasteiger partial charge < -0.3 is 10.6 Å². The van der Waals surface area contributed by atoms with Crippen LogP contribution in [0, 0.1) is 17.0 Å². The average molecular weight is 445 g/mol. The van der Waals surface area contributed by atoms with Crippen molar-refractivity contribution >= 4 is 29.1 Å². The first kappa shape index (κ1) is 22.7. The Morgan fingerprint density at radius 1 is 1.16 bits per heavy atom. The number of carbonyl (C=O) groups excluding carboxylic acids is 2. The molecule has 2 aromatic rings. The zero-order chi connectivity index (χ0) is 22.4. The zero-order valence-corrected chi connectivity index (χ0v) is 18.0. The number of halogens is 1. The summed E-state index contributed by atoms with van der Waals surface area (Å²) >= 11 is 6.39. The number of carbonyl (C=O) groups is 2. The van der Waals surface area contributed by atoms with Crippen LogP contribution in [0.5, 0.6) is 0 Å². The molecule has 0 radical (unpaired) electrons. The SMILES string of the molecule is Cc1ccc(C(=O)NCC(=O)NCC(c2ccccc2Cl)N2CCCC2)cc1[N+](=O)[O-]. The maximum atomic E-state index is 12.4. The standard InChI is InChI=1S/C22H25ClN4O4/c1-15-8-9-16(12-19(15)27(30)31)22(29)25-14-21(28)24-13-20(26-10-4-5-11-26)17-6-2-3-7-18(17)23/h2-3,6-9,12,20H,4-5,10-11,13-14H2,1H3,(H,24,28)(H,25,29). The zero-order valence-electron chi connectivity index (χ0n) is 17.3. The number of nitro groups is 1. The summed E-state index contributed by atoms with van der Waals surface area (Å²) in [6.07, 6.45) is 2.21. The molecule has 9 heteroatoms. The van der Waals surface area contributed by atoms with E-state index in [0.29, 0.717) is 17.1 Å². The number of rotatable bonds is 8. The maximum Gasteiger partial charge on any atom is 0.273 e. The van der Waals surface area contributed by atoms with Crippen LogP contribution in [-0.2, 0) is 4.79 Å². The number of hydrogen-bond acceptors (Lipinski definition) is 5. The molecule has 1 aliphatic rings. The van der Waals surface area contributed by atoms with Gasteiger partial charge in [-0.05, 0) is 50.6 Å². The first-order valence-electron chi connectivity index (χ1n) is 10.1. The second-order valence-corrected chi connectivity index (χ2v) is 7.93. The summed E-state index contributed by atoms with van der Waals surface area (Å²) in [6.45, 7) is 3.62. The van der Waals surface area contributed by atoms with Gasteiger partial charge >= 0.3 is 0 Å². The van der Waals surface area contributed by atoms with Crippen LogP contribution >= 0.6 is 11.6 Å². The first-order valence-corrected chi connectivity index (χ1v) is 10.5. The summed E-state index contributed by atoms with van der Waals surface area (Å²) in [6, 6.07) is 11.8. The van der Waals surface area contributed by atoms with E-state index in [1.807, 2.05) is 24.3 Å². The van der Waals surface area contributed by atoms with Crippen LogP contribution in [0.2, 0.25) is 5.02 Å². The van der Waals surface area contributed by atoms with Gasteiger partial charge in [0.15, 0.2) is 0 Å². The molecule has 2 N–H and O–H groups in total. The van der Waals surface area contributed by atoms with E-state index >= 15 is 0 Å². The fraction of sp³-hybridized carbons (Fsp3) is 0.364. The largest absolute Gasteiger partial charge is 0.353 e. The van der Waals surface area contributed by atoms with Crippen molar-refractivity contribution in [1.29, 1.82) is 0 Å². The number of nitrogens with one attached hydrogen (secondary N) is 2. The van der Waals surface area contributed by atoms with E-state index < -0.39 is 10.8 Å². The van der Waals surface area contributed by atoms with Crippen molar-refractivity contribution in [1.82, 2.24) is 15.5 Å². The highest BCUT2D eigenvalue weighted by atomic mass is 35.5. The van der Waals surface area contributed by atoms with Crippen LogP contribution in [0.1, 0.15) is 40.4 Å². The molecule has 164 valence electrons. The molecule has 1 fully saturated rings. The molecule has 0 spiro atoms. The minimum Gasteiger partial charge on any atom is -0.353 e. The van der Waals surface area contributed by atoms with Gasteiger partial charge in [-0.1, -0.05) is 35.9 Å². The molecule has 8 nitrogen and oxygen atoms in total. The van der Waals surface area contributed by atoms with Crippen molar-refractivity contribution in [3.05, 3.63) is 74.3 Å². The fourth-order valence-electron chi connectivity index (χ4n) is 3.72. The smallest absolute Gasteiger partial charge is 0.273 e. The number of likely N-dealkylation sites (tertiary alicyclic amines) is 1. The molecule has 0 bridgehead atoms. The van der Waals surface area contributed by atoms with E-state index in [9.17, 15) is 19.7 Å². The Morgan fingerprint density at radius 3 is 2.55 bits per heavy atom. The second kappa shape index (κ2) is 10.4. The topological polar surface area (TPSA) is 105 Å². The van der Waals surface area contributed by atoms with Gasteiger partial charge in [0.2, 0.25) is 5.91 Å². The molecule has 1 atom stereocenters. The first-order chi connectivity index (χ1) is 14.9. The molecule has 0 saturated carbocycles. The highest BCUT2D eigenvalue weighted by Gasteiger charge is 2.25. The van der Waals surface area contributed by atoms with Crippen molar-refractivity contribution in [3.8, 4) is 0 Å². The Balaban J connectivity index is 1.58. The maximum absolute atomic E-state index is 12.4. The summed E-state index contributed by atoms with van der Waals surface area (Å²) in [7, 11) is 0. The van der Waals surface area contributed by atoms with Gasteiger partial charge in [0, 0.05) is 28.8 Å². The summed E-state index contributed by atoms with van der Waals surface area (Å²) in [5.41, 5.74) is 1.43. The fourth-order valence-corrected chi connectivity index (χ4v) is 3.98. The van der Waals surface area contributed by atoms with Gasteiger partial charge in [-0.15, -0.1) is 0 Å². The molecule has 0 aliphatic carbocycles. The van der Waals surface area contributed by atoms with Crippen LogP contribution in [0.25, 0.3) is 0 Å². The predicted molar refractivity (Wildman–Crippen MR) is 118 cm³/mol. The monoisotopic (exact) mass is 444 g/mol. The normalized spacial score (nSPS) is 14.8. The van der Waals surface area contributed by atoms with Gasteiger partial charge in [0.25, 0.3) is 11.6 Å². The van der Waals surface area contributed by atoms with Crippen LogP contribution < -0.4 is 10.6 Å². The average Bonchev–Trinajstić information content (AvgIpc) is 3.28. The van der Waals surface area contributed by atoms with Gasteiger partial charge in [-0.3, -0.25) is 24.6 Å². The van der Waals surface area contributed by atoms with Gasteiger partial charge in [-0.2, -0.15) is 0 Å². The molecule has 1 saturated heterocycles. The van der Waals surface area contributed by atoms with Crippen LogP contribution in [0.15, 0.2) is 42.5 Å². The summed E-state index contributed by atoms with van der Waals surface area (Å²) < 4.78 is 0. The minimum absolute atomic E-state index is 0.0457. The van der Waals surface area contributed by atoms with Crippen molar-refractivity contribution in [2.24, 2.45) is 0 Å². The third-order valence-electron chi connectivity index (χ3n) is 5.42. The lowest BCUT2D eigenvalue weighted by Gasteiger charge is -2.29. The van der Waals surface area contributed by atoms with Crippen LogP contribution in [0.3, 0.4) is 0 Å². The molecular weight excluding hydrogens is 420 g/mol. The van der Waals surface area contributed by atoms with E-state index in [4.69, 9.17) is 11.6 Å². The summed E-state index contributed by atoms with van der Waals surface area (Å²) in [4.78, 5) is 37.5. The highest BCUT2D eigenvalue weighted by Crippen LogP contribution is 2.29. The Kier molecular flexibility index (Phi) is 7.59. The van der Waals surface area contributed by atoms with Gasteiger partial charge in [0.1, 0.15) is 0 Å². The van der Waals surface area contributed by atoms with Crippen molar-refractivity contribution in [3.63, 3.8) is 0 Å². The predicted octanol–water partition coefficient (Wildman–Crippen LogP) is 3.24. The lowest BCUT2D eigenvalue weighted by molar-refractivity contribution is -0.385. The van der Waals surface area contributed by atoms with Gasteiger partial charge in [0.05, 0.1) is 17.5 Å². The summed E-state index contributed by atoms with van der Waals surface area (Å²) in [5.74, 6) is -0.883. The Bertz CT molecular complexity index is 976. The van der Waals surface area contributed by atoms with E-state index in [2.05, 4.69) is 15.5 Å². The number of aryl methyl sites for hydroxylation is 1. The number of nitro benzene ring substituents is 1. The lowest BCUT2D eigenvalue weighted by Crippen LogP contribution is -2.41. The molecule has 31 heavy (non-hydrogen) atoms. The molecule has 1 unspecified atom stereocenters. The molecule has 3 rings (SSSR count). The van der Waals surface area contributed by atoms with E-state index in [1.165, 1.54) is 18.2 Å². The van der Waals surface area contributed by atoms with E-state index in [1.54, 1.807) is 6.92 Å². The quantitative estimate of drug-likeness (QED) is 0.480. The number of hydrogen-bond donors (Lipinski definition) is 2. The molecule has 2 aromatic carbocycles. The second-order valence-electron chi connectivity index (χ2n) is 7.53. The minimum atomic E-state index is -0.541. The van der Waals surface area contributed by atoms with Crippen molar-refractivity contribution < 1.29 is 14.5 Å². The van der Waals surface area contributed by atoms with Crippen LogP contribution in [-0.4, -0.2) is 47.8 Å². The summed E-state index contributed by atoms with van der Waals surface area (Å²) in [5, 5.41) is 17.1. The highest BCUT2D eigenvalue weighted by molar-refractivity contribution is 6.31.